The maximum Gasteiger partial charge on any atom is 0.354 e. The van der Waals surface area contributed by atoms with Crippen LogP contribution in [-0.4, -0.2) is 22.8 Å². The standard InChI is InChI=1S/C17H15ClN2O3/c1-20-13-8-4-7-12(14(13)15(18)16(20)17(21)22)19-10-5-3-6-11(9-10)23-2/h3-9,19H,1-2H3,(H,21,22). The zero-order chi connectivity index (χ0) is 16.6. The predicted molar refractivity (Wildman–Crippen MR) is 91.2 cm³/mol. The molecule has 0 saturated heterocycles. The minimum absolute atomic E-state index is 0.0709. The third kappa shape index (κ3) is 2.59. The molecule has 118 valence electrons. The Balaban J connectivity index is 2.14. The average Bonchev–Trinajstić information content (AvgIpc) is 2.80. The molecule has 0 unspecified atom stereocenters. The van der Waals surface area contributed by atoms with Crippen LogP contribution in [0.3, 0.4) is 0 Å². The van der Waals surface area contributed by atoms with Gasteiger partial charge < -0.3 is 19.7 Å². The molecule has 3 aromatic rings. The number of nitrogens with zero attached hydrogens (tertiary/aromatic N) is 1. The Bertz CT molecular complexity index is 902. The summed E-state index contributed by atoms with van der Waals surface area (Å²) in [6.07, 6.45) is 0. The predicted octanol–water partition coefficient (Wildman–Crippen LogP) is 4.28. The highest BCUT2D eigenvalue weighted by Crippen LogP contribution is 2.36. The fourth-order valence-corrected chi connectivity index (χ4v) is 3.04. The lowest BCUT2D eigenvalue weighted by Crippen LogP contribution is -2.04. The van der Waals surface area contributed by atoms with E-state index >= 15 is 0 Å². The van der Waals surface area contributed by atoms with Crippen LogP contribution >= 0.6 is 11.6 Å². The van der Waals surface area contributed by atoms with Gasteiger partial charge in [0.05, 0.1) is 17.6 Å². The second kappa shape index (κ2) is 5.85. The van der Waals surface area contributed by atoms with Gasteiger partial charge in [0.1, 0.15) is 11.4 Å². The highest BCUT2D eigenvalue weighted by molar-refractivity contribution is 6.39. The minimum Gasteiger partial charge on any atom is -0.497 e. The number of hydrogen-bond donors (Lipinski definition) is 2. The summed E-state index contributed by atoms with van der Waals surface area (Å²) in [7, 11) is 3.29. The molecule has 0 atom stereocenters. The van der Waals surface area contributed by atoms with Crippen molar-refractivity contribution in [3.63, 3.8) is 0 Å². The molecule has 3 rings (SSSR count). The van der Waals surface area contributed by atoms with Crippen molar-refractivity contribution in [2.75, 3.05) is 12.4 Å². The number of aromatic carboxylic acids is 1. The maximum absolute atomic E-state index is 11.4. The number of anilines is 2. The molecular formula is C17H15ClN2O3. The number of fused-ring (bicyclic) bond motifs is 1. The van der Waals surface area contributed by atoms with Gasteiger partial charge in [0, 0.05) is 29.9 Å². The Morgan fingerprint density at radius 2 is 2.00 bits per heavy atom. The Kier molecular flexibility index (Phi) is 3.88. The molecule has 23 heavy (non-hydrogen) atoms. The first-order valence-corrected chi connectivity index (χ1v) is 7.32. The number of ether oxygens (including phenoxy) is 1. The molecule has 1 aromatic heterocycles. The molecule has 0 radical (unpaired) electrons. The van der Waals surface area contributed by atoms with Crippen molar-refractivity contribution in [1.29, 1.82) is 0 Å². The van der Waals surface area contributed by atoms with Crippen molar-refractivity contribution in [3.8, 4) is 5.75 Å². The first-order chi connectivity index (χ1) is 11.0. The number of methoxy groups -OCH3 is 1. The second-order valence-corrected chi connectivity index (χ2v) is 5.46. The van der Waals surface area contributed by atoms with E-state index < -0.39 is 5.97 Å². The van der Waals surface area contributed by atoms with Gasteiger partial charge >= 0.3 is 5.97 Å². The number of hydrogen-bond acceptors (Lipinski definition) is 3. The Morgan fingerprint density at radius 3 is 2.70 bits per heavy atom. The van der Waals surface area contributed by atoms with Gasteiger partial charge in [0.15, 0.2) is 0 Å². The van der Waals surface area contributed by atoms with Crippen molar-refractivity contribution in [3.05, 3.63) is 53.2 Å². The molecule has 0 bridgehead atoms. The fraction of sp³-hybridized carbons (Fsp3) is 0.118. The summed E-state index contributed by atoms with van der Waals surface area (Å²) in [4.78, 5) is 11.4. The van der Waals surface area contributed by atoms with Crippen molar-refractivity contribution >= 4 is 39.8 Å². The largest absolute Gasteiger partial charge is 0.497 e. The van der Waals surface area contributed by atoms with Crippen LogP contribution in [0.2, 0.25) is 5.02 Å². The number of rotatable bonds is 4. The summed E-state index contributed by atoms with van der Waals surface area (Å²) in [5, 5.41) is 13.5. The summed E-state index contributed by atoms with van der Waals surface area (Å²) in [5.74, 6) is -0.325. The number of carbonyl (C=O) groups is 1. The van der Waals surface area contributed by atoms with Crippen LogP contribution in [0.4, 0.5) is 11.4 Å². The van der Waals surface area contributed by atoms with Crippen LogP contribution in [0.5, 0.6) is 5.75 Å². The molecular weight excluding hydrogens is 316 g/mol. The summed E-state index contributed by atoms with van der Waals surface area (Å²) < 4.78 is 6.79. The number of halogens is 1. The number of aryl methyl sites for hydroxylation is 1. The lowest BCUT2D eigenvalue weighted by atomic mass is 10.2. The SMILES string of the molecule is COc1cccc(Nc2cccc3c2c(Cl)c(C(=O)O)n3C)c1. The van der Waals surface area contributed by atoms with E-state index in [-0.39, 0.29) is 10.7 Å². The zero-order valence-corrected chi connectivity index (χ0v) is 13.4. The van der Waals surface area contributed by atoms with Gasteiger partial charge in [-0.3, -0.25) is 0 Å². The van der Waals surface area contributed by atoms with Gasteiger partial charge in [-0.1, -0.05) is 23.7 Å². The van der Waals surface area contributed by atoms with E-state index in [9.17, 15) is 9.90 Å². The molecule has 2 N–H and O–H groups in total. The molecule has 0 aliphatic rings. The van der Waals surface area contributed by atoms with Crippen molar-refractivity contribution in [2.24, 2.45) is 7.05 Å². The molecule has 0 amide bonds. The van der Waals surface area contributed by atoms with Crippen LogP contribution in [0.25, 0.3) is 10.9 Å². The monoisotopic (exact) mass is 330 g/mol. The van der Waals surface area contributed by atoms with E-state index in [4.69, 9.17) is 16.3 Å². The van der Waals surface area contributed by atoms with Crippen LogP contribution in [-0.2, 0) is 7.05 Å². The highest BCUT2D eigenvalue weighted by atomic mass is 35.5. The average molecular weight is 331 g/mol. The molecule has 2 aromatic carbocycles. The topological polar surface area (TPSA) is 63.5 Å². The summed E-state index contributed by atoms with van der Waals surface area (Å²) in [6.45, 7) is 0. The van der Waals surface area contributed by atoms with Crippen LogP contribution in [0, 0.1) is 0 Å². The first-order valence-electron chi connectivity index (χ1n) is 6.94. The molecule has 0 saturated carbocycles. The summed E-state index contributed by atoms with van der Waals surface area (Å²) in [5.41, 5.74) is 2.39. The van der Waals surface area contributed by atoms with Crippen molar-refractivity contribution in [1.82, 2.24) is 4.57 Å². The third-order valence-electron chi connectivity index (χ3n) is 3.72. The first kappa shape index (κ1) is 15.2. The zero-order valence-electron chi connectivity index (χ0n) is 12.6. The number of benzene rings is 2. The lowest BCUT2D eigenvalue weighted by Gasteiger charge is -2.10. The molecule has 0 aliphatic heterocycles. The Morgan fingerprint density at radius 1 is 1.26 bits per heavy atom. The second-order valence-electron chi connectivity index (χ2n) is 5.08. The van der Waals surface area contributed by atoms with Crippen molar-refractivity contribution in [2.45, 2.75) is 0 Å². The minimum atomic E-state index is -1.05. The van der Waals surface area contributed by atoms with E-state index in [0.29, 0.717) is 5.39 Å². The normalized spacial score (nSPS) is 10.7. The molecule has 5 nitrogen and oxygen atoms in total. The number of aromatic nitrogens is 1. The van der Waals surface area contributed by atoms with Crippen LogP contribution in [0.15, 0.2) is 42.5 Å². The third-order valence-corrected chi connectivity index (χ3v) is 4.09. The Labute approximate surface area is 138 Å². The molecule has 0 aliphatic carbocycles. The molecule has 0 spiro atoms. The number of nitrogens with one attached hydrogen (secondary N) is 1. The summed E-state index contributed by atoms with van der Waals surface area (Å²) in [6, 6.07) is 13.0. The molecule has 1 heterocycles. The van der Waals surface area contributed by atoms with Gasteiger partial charge in [-0.05, 0) is 24.3 Å². The highest BCUT2D eigenvalue weighted by Gasteiger charge is 2.21. The summed E-state index contributed by atoms with van der Waals surface area (Å²) >= 11 is 6.32. The lowest BCUT2D eigenvalue weighted by molar-refractivity contribution is 0.0687. The van der Waals surface area contributed by atoms with Gasteiger partial charge in [-0.15, -0.1) is 0 Å². The molecule has 0 fully saturated rings. The smallest absolute Gasteiger partial charge is 0.354 e. The Hall–Kier alpha value is -2.66. The maximum atomic E-state index is 11.4. The number of carboxylic acids is 1. The van der Waals surface area contributed by atoms with Crippen LogP contribution in [0.1, 0.15) is 10.5 Å². The van der Waals surface area contributed by atoms with Gasteiger partial charge in [0.25, 0.3) is 0 Å². The van der Waals surface area contributed by atoms with Gasteiger partial charge in [-0.2, -0.15) is 0 Å². The van der Waals surface area contributed by atoms with E-state index in [0.717, 1.165) is 22.6 Å². The van der Waals surface area contributed by atoms with Crippen molar-refractivity contribution < 1.29 is 14.6 Å². The van der Waals surface area contributed by atoms with E-state index in [2.05, 4.69) is 5.32 Å². The fourth-order valence-electron chi connectivity index (χ4n) is 2.63. The van der Waals surface area contributed by atoms with E-state index in [1.807, 2.05) is 42.5 Å². The van der Waals surface area contributed by atoms with Crippen LogP contribution < -0.4 is 10.1 Å². The van der Waals surface area contributed by atoms with Gasteiger partial charge in [0.2, 0.25) is 0 Å². The van der Waals surface area contributed by atoms with Gasteiger partial charge in [-0.25, -0.2) is 4.79 Å². The number of carboxylic acid groups (broad SMARTS) is 1. The molecule has 6 heteroatoms. The van der Waals surface area contributed by atoms with E-state index in [1.54, 1.807) is 18.7 Å². The van der Waals surface area contributed by atoms with E-state index in [1.165, 1.54) is 0 Å². The quantitative estimate of drug-likeness (QED) is 0.749.